The van der Waals surface area contributed by atoms with Crippen LogP contribution in [0.5, 0.6) is 0 Å². The van der Waals surface area contributed by atoms with Crippen LogP contribution in [0, 0.1) is 0 Å². The molecule has 0 unspecified atom stereocenters. The number of rotatable bonds is 8. The molecule has 4 N–H and O–H groups in total. The van der Waals surface area contributed by atoms with Crippen molar-refractivity contribution < 1.29 is 25.2 Å². The van der Waals surface area contributed by atoms with Gasteiger partial charge in [0.15, 0.2) is 0 Å². The van der Waals surface area contributed by atoms with Crippen LogP contribution in [0.4, 0.5) is 0 Å². The number of benzene rings is 1. The standard InChI is InChI=1S/C20H27ClN2O5S/c1-2-3-4-5-15-22-23-16(29-15)9-12-8-11(6-7-13(12)21)20-19(27)18(26)17(25)14(10-24)28-20/h6-8,14,17-20,24-27H,2-5,9-10H2,1H3/t14-,17-,18+,19-,20+/m1/s1. The fourth-order valence-corrected chi connectivity index (χ4v) is 4.53. The number of unbranched alkanes of at least 4 members (excludes halogenated alkanes) is 2. The number of aryl methyl sites for hydroxylation is 1. The Morgan fingerprint density at radius 1 is 1.07 bits per heavy atom. The topological polar surface area (TPSA) is 116 Å². The summed E-state index contributed by atoms with van der Waals surface area (Å²) < 4.78 is 5.64. The van der Waals surface area contributed by atoms with E-state index in [1.807, 2.05) is 0 Å². The Hall–Kier alpha value is -1.13. The van der Waals surface area contributed by atoms with Gasteiger partial charge in [0.25, 0.3) is 0 Å². The number of hydrogen-bond donors (Lipinski definition) is 4. The molecule has 1 aliphatic heterocycles. The van der Waals surface area contributed by atoms with Gasteiger partial charge in [0.2, 0.25) is 0 Å². The van der Waals surface area contributed by atoms with Crippen molar-refractivity contribution in [1.82, 2.24) is 10.2 Å². The third kappa shape index (κ3) is 5.32. The summed E-state index contributed by atoms with van der Waals surface area (Å²) in [6.07, 6.45) is -1.13. The van der Waals surface area contributed by atoms with E-state index >= 15 is 0 Å². The summed E-state index contributed by atoms with van der Waals surface area (Å²) >= 11 is 7.93. The number of nitrogens with zero attached hydrogens (tertiary/aromatic N) is 2. The largest absolute Gasteiger partial charge is 0.394 e. The van der Waals surface area contributed by atoms with Gasteiger partial charge in [-0.05, 0) is 23.6 Å². The third-order valence-corrected chi connectivity index (χ3v) is 6.49. The third-order valence-electron chi connectivity index (χ3n) is 5.14. The van der Waals surface area contributed by atoms with Crippen LogP contribution in [-0.2, 0) is 17.6 Å². The molecule has 9 heteroatoms. The summed E-state index contributed by atoms with van der Waals surface area (Å²) in [6, 6.07) is 5.21. The van der Waals surface area contributed by atoms with E-state index < -0.39 is 37.1 Å². The molecule has 2 aromatic rings. The van der Waals surface area contributed by atoms with Gasteiger partial charge in [-0.1, -0.05) is 43.5 Å². The Labute approximate surface area is 179 Å². The van der Waals surface area contributed by atoms with Crippen molar-refractivity contribution in [3.05, 3.63) is 44.4 Å². The lowest BCUT2D eigenvalue weighted by atomic mass is 9.90. The van der Waals surface area contributed by atoms with E-state index in [1.165, 1.54) is 6.42 Å². The molecule has 1 aliphatic rings. The first-order valence-electron chi connectivity index (χ1n) is 9.84. The Morgan fingerprint density at radius 2 is 1.83 bits per heavy atom. The van der Waals surface area contributed by atoms with E-state index in [-0.39, 0.29) is 0 Å². The van der Waals surface area contributed by atoms with Gasteiger partial charge in [-0.15, -0.1) is 21.5 Å². The van der Waals surface area contributed by atoms with Crippen LogP contribution in [0.2, 0.25) is 5.02 Å². The summed E-state index contributed by atoms with van der Waals surface area (Å²) in [4.78, 5) is 0. The maximum absolute atomic E-state index is 10.4. The van der Waals surface area contributed by atoms with Gasteiger partial charge in [-0.3, -0.25) is 0 Å². The molecule has 0 saturated carbocycles. The molecular formula is C20H27ClN2O5S. The van der Waals surface area contributed by atoms with E-state index in [1.54, 1.807) is 29.5 Å². The lowest BCUT2D eigenvalue weighted by Gasteiger charge is -2.40. The van der Waals surface area contributed by atoms with Crippen LogP contribution in [0.25, 0.3) is 0 Å². The highest BCUT2D eigenvalue weighted by atomic mass is 35.5. The van der Waals surface area contributed by atoms with Gasteiger partial charge in [-0.25, -0.2) is 0 Å². The van der Waals surface area contributed by atoms with Crippen molar-refractivity contribution in [1.29, 1.82) is 0 Å². The molecule has 0 radical (unpaired) electrons. The minimum absolute atomic E-state index is 0.465. The normalized spacial score (nSPS) is 27.3. The summed E-state index contributed by atoms with van der Waals surface area (Å²) in [5.74, 6) is 0. The van der Waals surface area contributed by atoms with Crippen molar-refractivity contribution in [2.45, 2.75) is 69.5 Å². The Bertz CT molecular complexity index is 803. The zero-order valence-corrected chi connectivity index (χ0v) is 17.8. The van der Waals surface area contributed by atoms with Crippen LogP contribution in [0.15, 0.2) is 18.2 Å². The molecule has 1 aromatic heterocycles. The second-order valence-corrected chi connectivity index (χ2v) is 8.88. The first-order valence-corrected chi connectivity index (χ1v) is 11.0. The number of aliphatic hydroxyl groups excluding tert-OH is 4. The Balaban J connectivity index is 1.76. The lowest BCUT2D eigenvalue weighted by molar-refractivity contribution is -0.231. The van der Waals surface area contributed by atoms with Crippen LogP contribution in [-0.4, -0.2) is 61.6 Å². The summed E-state index contributed by atoms with van der Waals surface area (Å²) in [5.41, 5.74) is 1.41. The zero-order valence-electron chi connectivity index (χ0n) is 16.2. The molecule has 3 rings (SSSR count). The lowest BCUT2D eigenvalue weighted by Crippen LogP contribution is -2.55. The molecular weight excluding hydrogens is 416 g/mol. The number of aromatic nitrogens is 2. The molecule has 0 aliphatic carbocycles. The highest BCUT2D eigenvalue weighted by Crippen LogP contribution is 2.34. The van der Waals surface area contributed by atoms with Crippen LogP contribution >= 0.6 is 22.9 Å². The van der Waals surface area contributed by atoms with Gasteiger partial charge in [0.1, 0.15) is 40.5 Å². The van der Waals surface area contributed by atoms with Gasteiger partial charge in [-0.2, -0.15) is 0 Å². The average Bonchev–Trinajstić information content (AvgIpc) is 3.16. The molecule has 0 spiro atoms. The van der Waals surface area contributed by atoms with E-state index in [9.17, 15) is 20.4 Å². The van der Waals surface area contributed by atoms with E-state index in [0.29, 0.717) is 17.0 Å². The SMILES string of the molecule is CCCCCc1nnc(Cc2cc([C@@H]3O[C@H](CO)[C@@H](O)[C@H](O)[C@H]3O)ccc2Cl)s1. The second kappa shape index (κ2) is 10.3. The number of aliphatic hydroxyl groups is 4. The molecule has 29 heavy (non-hydrogen) atoms. The summed E-state index contributed by atoms with van der Waals surface area (Å²) in [6.45, 7) is 1.70. The van der Waals surface area contributed by atoms with E-state index in [4.69, 9.17) is 16.3 Å². The monoisotopic (exact) mass is 442 g/mol. The van der Waals surface area contributed by atoms with Crippen molar-refractivity contribution >= 4 is 22.9 Å². The van der Waals surface area contributed by atoms with Gasteiger partial charge >= 0.3 is 0 Å². The zero-order chi connectivity index (χ0) is 21.0. The van der Waals surface area contributed by atoms with Crippen LogP contribution in [0.3, 0.4) is 0 Å². The molecule has 7 nitrogen and oxygen atoms in total. The average molecular weight is 443 g/mol. The number of hydrogen-bond acceptors (Lipinski definition) is 8. The van der Waals surface area contributed by atoms with Gasteiger partial charge < -0.3 is 25.2 Å². The van der Waals surface area contributed by atoms with Crippen LogP contribution < -0.4 is 0 Å². The molecule has 5 atom stereocenters. The van der Waals surface area contributed by atoms with E-state index in [2.05, 4.69) is 17.1 Å². The molecule has 160 valence electrons. The van der Waals surface area contributed by atoms with Crippen molar-refractivity contribution in [3.8, 4) is 0 Å². The minimum atomic E-state index is -1.42. The van der Waals surface area contributed by atoms with E-state index in [0.717, 1.165) is 34.8 Å². The minimum Gasteiger partial charge on any atom is -0.394 e. The number of halogens is 1. The molecule has 1 fully saturated rings. The predicted molar refractivity (Wildman–Crippen MR) is 110 cm³/mol. The maximum atomic E-state index is 10.4. The molecule has 1 saturated heterocycles. The first-order chi connectivity index (χ1) is 13.9. The van der Waals surface area contributed by atoms with Crippen molar-refractivity contribution in [2.24, 2.45) is 0 Å². The van der Waals surface area contributed by atoms with Crippen molar-refractivity contribution in [2.75, 3.05) is 6.61 Å². The molecule has 0 bridgehead atoms. The number of ether oxygens (including phenoxy) is 1. The quantitative estimate of drug-likeness (QED) is 0.462. The van der Waals surface area contributed by atoms with Gasteiger partial charge in [0, 0.05) is 17.9 Å². The molecule has 2 heterocycles. The molecule has 0 amide bonds. The first kappa shape index (κ1) is 22.6. The van der Waals surface area contributed by atoms with Crippen molar-refractivity contribution in [3.63, 3.8) is 0 Å². The smallest absolute Gasteiger partial charge is 0.121 e. The highest BCUT2D eigenvalue weighted by molar-refractivity contribution is 7.11. The maximum Gasteiger partial charge on any atom is 0.121 e. The Kier molecular flexibility index (Phi) is 7.98. The fourth-order valence-electron chi connectivity index (χ4n) is 3.43. The fraction of sp³-hybridized carbons (Fsp3) is 0.600. The molecule has 1 aromatic carbocycles. The highest BCUT2D eigenvalue weighted by Gasteiger charge is 2.44. The predicted octanol–water partition coefficient (Wildman–Crippen LogP) is 2.03. The van der Waals surface area contributed by atoms with Gasteiger partial charge in [0.05, 0.1) is 6.61 Å². The summed E-state index contributed by atoms with van der Waals surface area (Å²) in [5, 5.41) is 50.7. The summed E-state index contributed by atoms with van der Waals surface area (Å²) in [7, 11) is 0. The van der Waals surface area contributed by atoms with Crippen LogP contribution in [0.1, 0.15) is 53.4 Å². The second-order valence-electron chi connectivity index (χ2n) is 7.32. The Morgan fingerprint density at radius 3 is 2.55 bits per heavy atom.